The topological polar surface area (TPSA) is 73.8 Å². The highest BCUT2D eigenvalue weighted by Crippen LogP contribution is 2.54. The van der Waals surface area contributed by atoms with E-state index in [1.807, 2.05) is 57.3 Å². The second-order valence-corrected chi connectivity index (χ2v) is 7.28. The number of rotatable bonds is 4. The summed E-state index contributed by atoms with van der Waals surface area (Å²) in [5, 5.41) is 4.46. The molecule has 1 aliphatic carbocycles. The van der Waals surface area contributed by atoms with E-state index in [2.05, 4.69) is 26.0 Å². The Hall–Kier alpha value is -3.35. The molecule has 0 bridgehead atoms. The maximum absolute atomic E-state index is 4.86. The van der Waals surface area contributed by atoms with Gasteiger partial charge in [-0.05, 0) is 45.4 Å². The van der Waals surface area contributed by atoms with Crippen LogP contribution in [0.2, 0.25) is 0 Å². The third-order valence-electron chi connectivity index (χ3n) is 5.25. The monoisotopic (exact) mass is 371 g/mol. The normalized spacial score (nSPS) is 18.5. The summed E-state index contributed by atoms with van der Waals surface area (Å²) in [7, 11) is 0. The number of pyridine rings is 1. The molecule has 0 spiro atoms. The predicted molar refractivity (Wildman–Crippen MR) is 107 cm³/mol. The molecular formula is C21H21N7. The molecule has 1 fully saturated rings. The number of aromatic nitrogens is 7. The second kappa shape index (κ2) is 6.09. The van der Waals surface area contributed by atoms with Gasteiger partial charge in [-0.25, -0.2) is 19.9 Å². The highest BCUT2D eigenvalue weighted by Gasteiger charge is 2.44. The van der Waals surface area contributed by atoms with Crippen LogP contribution in [0.5, 0.6) is 0 Å². The molecule has 140 valence electrons. The molecule has 28 heavy (non-hydrogen) atoms. The third-order valence-corrected chi connectivity index (χ3v) is 5.25. The number of aryl methyl sites for hydroxylation is 3. The van der Waals surface area contributed by atoms with Gasteiger partial charge in [0.05, 0.1) is 17.1 Å². The van der Waals surface area contributed by atoms with E-state index in [-0.39, 0.29) is 0 Å². The first-order chi connectivity index (χ1) is 13.5. The molecule has 4 aromatic heterocycles. The minimum atomic E-state index is 0.328. The lowest BCUT2D eigenvalue weighted by Gasteiger charge is -2.07. The standard InChI is InChI=1S/C21H21N7/c1-5-18-21(25-19-8-6-7-9-27(18)19)16-10-15(16)17-11-20(24-12(2)23-17)28-14(4)22-13(3)26-28/h5-9,11,15-16H,1,10H2,2-4H3. The van der Waals surface area contributed by atoms with Crippen LogP contribution in [0.1, 0.15) is 52.8 Å². The van der Waals surface area contributed by atoms with E-state index in [0.717, 1.165) is 52.4 Å². The van der Waals surface area contributed by atoms with Gasteiger partial charge < -0.3 is 4.40 Å². The molecule has 4 aromatic rings. The molecule has 1 saturated carbocycles. The van der Waals surface area contributed by atoms with Gasteiger partial charge >= 0.3 is 0 Å². The average molecular weight is 371 g/mol. The van der Waals surface area contributed by atoms with Crippen molar-refractivity contribution in [1.29, 1.82) is 0 Å². The molecule has 0 aromatic carbocycles. The Kier molecular flexibility index (Phi) is 3.65. The molecule has 2 unspecified atom stereocenters. The largest absolute Gasteiger partial charge is 0.300 e. The fourth-order valence-corrected chi connectivity index (χ4v) is 3.94. The zero-order chi connectivity index (χ0) is 19.4. The van der Waals surface area contributed by atoms with Crippen LogP contribution in [0, 0.1) is 20.8 Å². The lowest BCUT2D eigenvalue weighted by molar-refractivity contribution is 0.778. The van der Waals surface area contributed by atoms with Crippen LogP contribution >= 0.6 is 0 Å². The third kappa shape index (κ3) is 2.62. The summed E-state index contributed by atoms with van der Waals surface area (Å²) >= 11 is 0. The molecule has 7 nitrogen and oxygen atoms in total. The second-order valence-electron chi connectivity index (χ2n) is 7.28. The first kappa shape index (κ1) is 16.8. The molecule has 4 heterocycles. The first-order valence-corrected chi connectivity index (χ1v) is 9.41. The van der Waals surface area contributed by atoms with Gasteiger partial charge in [-0.3, -0.25) is 0 Å². The van der Waals surface area contributed by atoms with E-state index in [1.54, 1.807) is 4.68 Å². The van der Waals surface area contributed by atoms with Gasteiger partial charge in [-0.15, -0.1) is 5.10 Å². The van der Waals surface area contributed by atoms with Crippen molar-refractivity contribution in [2.24, 2.45) is 0 Å². The summed E-state index contributed by atoms with van der Waals surface area (Å²) in [6.45, 7) is 9.74. The van der Waals surface area contributed by atoms with E-state index < -0.39 is 0 Å². The highest BCUT2D eigenvalue weighted by atomic mass is 15.4. The molecule has 0 aliphatic heterocycles. The van der Waals surface area contributed by atoms with Crippen molar-refractivity contribution in [3.05, 3.63) is 71.6 Å². The van der Waals surface area contributed by atoms with Gasteiger partial charge in [0.2, 0.25) is 0 Å². The van der Waals surface area contributed by atoms with Crippen molar-refractivity contribution < 1.29 is 0 Å². The SMILES string of the molecule is C=Cc1c(C2CC2c2cc(-n3nc(C)nc3C)nc(C)n2)nc2ccccn12. The Morgan fingerprint density at radius 2 is 1.89 bits per heavy atom. The number of imidazole rings is 1. The maximum atomic E-state index is 4.86. The van der Waals surface area contributed by atoms with E-state index in [9.17, 15) is 0 Å². The van der Waals surface area contributed by atoms with Crippen LogP contribution < -0.4 is 0 Å². The van der Waals surface area contributed by atoms with Crippen molar-refractivity contribution in [1.82, 2.24) is 34.1 Å². The molecule has 0 radical (unpaired) electrons. The Morgan fingerprint density at radius 1 is 1.04 bits per heavy atom. The van der Waals surface area contributed by atoms with Crippen molar-refractivity contribution >= 4 is 11.7 Å². The van der Waals surface area contributed by atoms with Gasteiger partial charge in [0.15, 0.2) is 5.82 Å². The van der Waals surface area contributed by atoms with Crippen LogP contribution in [0.25, 0.3) is 17.5 Å². The average Bonchev–Trinajstić information content (AvgIpc) is 3.28. The van der Waals surface area contributed by atoms with Crippen molar-refractivity contribution in [3.63, 3.8) is 0 Å². The lowest BCUT2D eigenvalue weighted by atomic mass is 10.1. The molecule has 1 aliphatic rings. The van der Waals surface area contributed by atoms with Crippen LogP contribution in [-0.2, 0) is 0 Å². The summed E-state index contributed by atoms with van der Waals surface area (Å²) in [6, 6.07) is 8.07. The fraction of sp³-hybridized carbons (Fsp3) is 0.286. The minimum absolute atomic E-state index is 0.328. The van der Waals surface area contributed by atoms with Crippen LogP contribution in [0.3, 0.4) is 0 Å². The Balaban J connectivity index is 1.53. The lowest BCUT2D eigenvalue weighted by Crippen LogP contribution is -2.06. The van der Waals surface area contributed by atoms with E-state index >= 15 is 0 Å². The van der Waals surface area contributed by atoms with Crippen molar-refractivity contribution in [2.75, 3.05) is 0 Å². The molecule has 0 N–H and O–H groups in total. The van der Waals surface area contributed by atoms with Crippen molar-refractivity contribution in [2.45, 2.75) is 39.0 Å². The Morgan fingerprint density at radius 3 is 2.64 bits per heavy atom. The molecule has 7 heteroatoms. The molecular weight excluding hydrogens is 350 g/mol. The highest BCUT2D eigenvalue weighted by molar-refractivity contribution is 5.57. The van der Waals surface area contributed by atoms with Gasteiger partial charge in [0.1, 0.15) is 23.1 Å². The van der Waals surface area contributed by atoms with Gasteiger partial charge in [-0.2, -0.15) is 4.68 Å². The number of hydrogen-bond acceptors (Lipinski definition) is 5. The predicted octanol–water partition coefficient (Wildman–Crippen LogP) is 3.54. The van der Waals surface area contributed by atoms with E-state index in [0.29, 0.717) is 11.8 Å². The quantitative estimate of drug-likeness (QED) is 0.548. The maximum Gasteiger partial charge on any atom is 0.159 e. The Labute approximate surface area is 162 Å². The van der Waals surface area contributed by atoms with E-state index in [1.165, 1.54) is 0 Å². The van der Waals surface area contributed by atoms with E-state index in [4.69, 9.17) is 9.97 Å². The Bertz CT molecular complexity index is 1220. The molecule has 0 amide bonds. The van der Waals surface area contributed by atoms with Crippen molar-refractivity contribution in [3.8, 4) is 5.82 Å². The minimum Gasteiger partial charge on any atom is -0.300 e. The summed E-state index contributed by atoms with van der Waals surface area (Å²) < 4.78 is 3.88. The van der Waals surface area contributed by atoms with Crippen LogP contribution in [0.15, 0.2) is 37.0 Å². The van der Waals surface area contributed by atoms with Crippen LogP contribution in [0.4, 0.5) is 0 Å². The van der Waals surface area contributed by atoms with Crippen LogP contribution in [-0.4, -0.2) is 34.1 Å². The summed E-state index contributed by atoms with van der Waals surface area (Å²) in [5.74, 6) is 3.74. The summed E-state index contributed by atoms with van der Waals surface area (Å²) in [4.78, 5) is 18.5. The zero-order valence-corrected chi connectivity index (χ0v) is 16.2. The zero-order valence-electron chi connectivity index (χ0n) is 16.2. The smallest absolute Gasteiger partial charge is 0.159 e. The molecule has 2 atom stereocenters. The fourth-order valence-electron chi connectivity index (χ4n) is 3.94. The molecule has 0 saturated heterocycles. The first-order valence-electron chi connectivity index (χ1n) is 9.41. The van der Waals surface area contributed by atoms with Gasteiger partial charge in [0.25, 0.3) is 0 Å². The van der Waals surface area contributed by atoms with Gasteiger partial charge in [-0.1, -0.05) is 12.6 Å². The summed E-state index contributed by atoms with van der Waals surface area (Å²) in [5.41, 5.74) is 4.15. The van der Waals surface area contributed by atoms with Gasteiger partial charge in [0, 0.05) is 24.1 Å². The number of fused-ring (bicyclic) bond motifs is 1. The molecule has 5 rings (SSSR count). The number of nitrogens with zero attached hydrogens (tertiary/aromatic N) is 7. The summed E-state index contributed by atoms with van der Waals surface area (Å²) in [6.07, 6.45) is 4.95. The number of hydrogen-bond donors (Lipinski definition) is 0.